The molecule has 2 atom stereocenters. The van der Waals surface area contributed by atoms with Crippen molar-refractivity contribution in [3.05, 3.63) is 99.0 Å². The highest BCUT2D eigenvalue weighted by Crippen LogP contribution is 2.27. The third kappa shape index (κ3) is 7.89. The molecule has 0 radical (unpaired) electrons. The monoisotopic (exact) mass is 546 g/mol. The van der Waals surface area contributed by atoms with Gasteiger partial charge in [0.05, 0.1) is 0 Å². The molecule has 0 heterocycles. The van der Waals surface area contributed by atoms with E-state index in [0.29, 0.717) is 32.8 Å². The summed E-state index contributed by atoms with van der Waals surface area (Å²) >= 11 is 19.0. The molecule has 0 saturated heterocycles. The van der Waals surface area contributed by atoms with Gasteiger partial charge >= 0.3 is 0 Å². The summed E-state index contributed by atoms with van der Waals surface area (Å²) in [4.78, 5) is 28.6. The van der Waals surface area contributed by atoms with Gasteiger partial charge in [-0.3, -0.25) is 9.59 Å². The maximum atomic E-state index is 13.6. The first-order chi connectivity index (χ1) is 17.3. The molecule has 0 fully saturated rings. The van der Waals surface area contributed by atoms with Crippen LogP contribution < -0.4 is 10.1 Å². The number of hydrogen-bond donors (Lipinski definition) is 1. The molecule has 0 aromatic heterocycles. The van der Waals surface area contributed by atoms with Crippen LogP contribution in [0.3, 0.4) is 0 Å². The van der Waals surface area contributed by atoms with Gasteiger partial charge in [-0.2, -0.15) is 0 Å². The smallest absolute Gasteiger partial charge is 0.261 e. The number of carbonyl (C=O) groups is 2. The number of amides is 2. The summed E-state index contributed by atoms with van der Waals surface area (Å²) in [7, 11) is 0. The van der Waals surface area contributed by atoms with Crippen molar-refractivity contribution >= 4 is 46.6 Å². The van der Waals surface area contributed by atoms with Crippen LogP contribution in [0.5, 0.6) is 5.75 Å². The third-order valence-electron chi connectivity index (χ3n) is 5.82. The van der Waals surface area contributed by atoms with E-state index in [9.17, 15) is 9.59 Å². The molecule has 3 aromatic carbocycles. The van der Waals surface area contributed by atoms with E-state index in [2.05, 4.69) is 5.32 Å². The Balaban J connectivity index is 1.96. The minimum atomic E-state index is -0.816. The highest BCUT2D eigenvalue weighted by Gasteiger charge is 2.32. The molecule has 5 nitrogen and oxygen atoms in total. The number of ether oxygens (including phenoxy) is 1. The van der Waals surface area contributed by atoms with Crippen LogP contribution in [-0.2, 0) is 22.6 Å². The first-order valence-electron chi connectivity index (χ1n) is 11.7. The summed E-state index contributed by atoms with van der Waals surface area (Å²) in [6.45, 7) is 3.67. The Morgan fingerprint density at radius 3 is 2.25 bits per heavy atom. The van der Waals surface area contributed by atoms with Gasteiger partial charge in [0, 0.05) is 39.6 Å². The van der Waals surface area contributed by atoms with E-state index < -0.39 is 6.04 Å². The van der Waals surface area contributed by atoms with Crippen molar-refractivity contribution in [3.8, 4) is 5.75 Å². The lowest BCUT2D eigenvalue weighted by molar-refractivity contribution is -0.143. The van der Waals surface area contributed by atoms with Crippen molar-refractivity contribution in [1.82, 2.24) is 10.2 Å². The second kappa shape index (κ2) is 13.5. The second-order valence-electron chi connectivity index (χ2n) is 8.49. The van der Waals surface area contributed by atoms with Gasteiger partial charge in [-0.1, -0.05) is 84.2 Å². The highest BCUT2D eigenvalue weighted by molar-refractivity contribution is 6.36. The van der Waals surface area contributed by atoms with Gasteiger partial charge in [0.2, 0.25) is 5.91 Å². The number of halogens is 3. The topological polar surface area (TPSA) is 58.6 Å². The molecule has 0 spiro atoms. The summed E-state index contributed by atoms with van der Waals surface area (Å²) < 4.78 is 5.74. The molecular weight excluding hydrogens is 519 g/mol. The van der Waals surface area contributed by atoms with Gasteiger partial charge in [0.25, 0.3) is 5.91 Å². The number of nitrogens with one attached hydrogen (secondary N) is 1. The zero-order valence-electron chi connectivity index (χ0n) is 20.2. The molecule has 190 valence electrons. The lowest BCUT2D eigenvalue weighted by Crippen LogP contribution is -2.53. The van der Waals surface area contributed by atoms with E-state index in [0.717, 1.165) is 12.0 Å². The van der Waals surface area contributed by atoms with Crippen molar-refractivity contribution in [1.29, 1.82) is 0 Å². The Morgan fingerprint density at radius 2 is 1.61 bits per heavy atom. The molecule has 36 heavy (non-hydrogen) atoms. The molecule has 0 bridgehead atoms. The summed E-state index contributed by atoms with van der Waals surface area (Å²) in [6.07, 6.45) is 1.07. The largest absolute Gasteiger partial charge is 0.484 e. The average molecular weight is 548 g/mol. The van der Waals surface area contributed by atoms with Crippen LogP contribution >= 0.6 is 34.8 Å². The van der Waals surface area contributed by atoms with Crippen molar-refractivity contribution in [2.75, 3.05) is 6.61 Å². The first kappa shape index (κ1) is 27.9. The molecule has 3 aromatic rings. The van der Waals surface area contributed by atoms with Crippen LogP contribution in [-0.4, -0.2) is 35.4 Å². The van der Waals surface area contributed by atoms with E-state index in [-0.39, 0.29) is 31.0 Å². The van der Waals surface area contributed by atoms with Crippen molar-refractivity contribution in [2.45, 2.75) is 45.3 Å². The van der Waals surface area contributed by atoms with E-state index >= 15 is 0 Å². The third-order valence-corrected chi connectivity index (χ3v) is 6.76. The first-order valence-corrected chi connectivity index (χ1v) is 12.9. The van der Waals surface area contributed by atoms with Crippen LogP contribution in [0.1, 0.15) is 31.4 Å². The minimum Gasteiger partial charge on any atom is -0.484 e. The van der Waals surface area contributed by atoms with Crippen LogP contribution in [0.2, 0.25) is 15.1 Å². The fraction of sp³-hybridized carbons (Fsp3) is 0.286. The number of benzene rings is 3. The Kier molecular flexibility index (Phi) is 10.5. The molecule has 3 rings (SSSR count). The highest BCUT2D eigenvalue weighted by atomic mass is 35.5. The van der Waals surface area contributed by atoms with Gasteiger partial charge in [-0.15, -0.1) is 0 Å². The zero-order valence-corrected chi connectivity index (χ0v) is 22.5. The predicted octanol–water partition coefficient (Wildman–Crippen LogP) is 6.58. The van der Waals surface area contributed by atoms with Crippen LogP contribution in [0.15, 0.2) is 72.8 Å². The Labute approximate surface area is 227 Å². The lowest BCUT2D eigenvalue weighted by atomic mass is 10.0. The van der Waals surface area contributed by atoms with E-state index in [1.165, 1.54) is 4.90 Å². The molecule has 0 aliphatic rings. The molecule has 2 amide bonds. The van der Waals surface area contributed by atoms with Crippen molar-refractivity contribution in [2.24, 2.45) is 0 Å². The fourth-order valence-corrected chi connectivity index (χ4v) is 4.33. The van der Waals surface area contributed by atoms with E-state index in [1.54, 1.807) is 42.5 Å². The van der Waals surface area contributed by atoms with Gasteiger partial charge in [-0.05, 0) is 49.2 Å². The summed E-state index contributed by atoms with van der Waals surface area (Å²) in [5.74, 6) is -0.186. The van der Waals surface area contributed by atoms with Crippen LogP contribution in [0.25, 0.3) is 0 Å². The number of rotatable bonds is 11. The molecule has 0 saturated carbocycles. The molecule has 0 unspecified atom stereocenters. The van der Waals surface area contributed by atoms with Crippen molar-refractivity contribution < 1.29 is 14.3 Å². The van der Waals surface area contributed by atoms with Crippen molar-refractivity contribution in [3.63, 3.8) is 0 Å². The normalized spacial score (nSPS) is 12.5. The SMILES string of the molecule is CC[C@H](C)NC(=O)[C@@H](Cc1ccccc1)N(Cc1c(Cl)cccc1Cl)C(=O)COc1cccc(Cl)c1. The summed E-state index contributed by atoms with van der Waals surface area (Å²) in [5, 5.41) is 4.35. The van der Waals surface area contributed by atoms with Crippen LogP contribution in [0, 0.1) is 0 Å². The molecular formula is C28H29Cl3N2O3. The maximum absolute atomic E-state index is 13.6. The number of carbonyl (C=O) groups excluding carboxylic acids is 2. The van der Waals surface area contributed by atoms with E-state index in [4.69, 9.17) is 39.5 Å². The second-order valence-corrected chi connectivity index (χ2v) is 9.74. The summed E-state index contributed by atoms with van der Waals surface area (Å²) in [5.41, 5.74) is 1.48. The maximum Gasteiger partial charge on any atom is 0.261 e. The minimum absolute atomic E-state index is 0.0433. The van der Waals surface area contributed by atoms with E-state index in [1.807, 2.05) is 44.2 Å². The molecule has 0 aliphatic carbocycles. The Bertz CT molecular complexity index is 1150. The van der Waals surface area contributed by atoms with Gasteiger partial charge < -0.3 is 15.0 Å². The Hall–Kier alpha value is -2.73. The molecule has 8 heteroatoms. The predicted molar refractivity (Wildman–Crippen MR) is 146 cm³/mol. The zero-order chi connectivity index (χ0) is 26.1. The Morgan fingerprint density at radius 1 is 0.944 bits per heavy atom. The summed E-state index contributed by atoms with van der Waals surface area (Å²) in [6, 6.07) is 20.6. The fourth-order valence-electron chi connectivity index (χ4n) is 3.63. The molecule has 1 N–H and O–H groups in total. The van der Waals surface area contributed by atoms with Gasteiger partial charge in [0.1, 0.15) is 11.8 Å². The quantitative estimate of drug-likeness (QED) is 0.295. The average Bonchev–Trinajstić information content (AvgIpc) is 2.86. The molecule has 0 aliphatic heterocycles. The van der Waals surface area contributed by atoms with Gasteiger partial charge in [-0.25, -0.2) is 0 Å². The standard InChI is InChI=1S/C28H29Cl3N2O3/c1-3-19(2)32-28(35)26(15-20-9-5-4-6-10-20)33(17-23-24(30)13-8-14-25(23)31)27(34)18-36-22-12-7-11-21(29)16-22/h4-14,16,19,26H,3,15,17-18H2,1-2H3,(H,32,35)/t19-,26+/m0/s1. The lowest BCUT2D eigenvalue weighted by Gasteiger charge is -2.32. The van der Waals surface area contributed by atoms with Gasteiger partial charge in [0.15, 0.2) is 6.61 Å². The number of hydrogen-bond acceptors (Lipinski definition) is 3. The number of nitrogens with zero attached hydrogens (tertiary/aromatic N) is 1. The van der Waals surface area contributed by atoms with Crippen LogP contribution in [0.4, 0.5) is 0 Å².